The average molecular weight is 464 g/mol. The van der Waals surface area contributed by atoms with E-state index in [1.807, 2.05) is 52.0 Å². The molecule has 0 radical (unpaired) electrons. The Bertz CT molecular complexity index is 908. The van der Waals surface area contributed by atoms with Crippen molar-refractivity contribution in [3.05, 3.63) is 64.4 Å². The van der Waals surface area contributed by atoms with Gasteiger partial charge < -0.3 is 14.2 Å². The first-order valence-electron chi connectivity index (χ1n) is 10.8. The number of hydrogen-bond donors (Lipinski definition) is 0. The van der Waals surface area contributed by atoms with Crippen molar-refractivity contribution in [1.82, 2.24) is 4.90 Å². The molecule has 1 aliphatic rings. The number of halogens is 2. The summed E-state index contributed by atoms with van der Waals surface area (Å²) in [6, 6.07) is 12.2. The van der Waals surface area contributed by atoms with Crippen LogP contribution in [0.5, 0.6) is 5.75 Å². The van der Waals surface area contributed by atoms with Crippen molar-refractivity contribution in [2.45, 2.75) is 51.9 Å². The standard InChI is InChI=1S/C25H31ClFNO4/c1-24(2,3)32-23(29)12-13-28-14-15-31-25(4,17-28)18-8-10-19(11-9-18)30-16-20-21(26)6-5-7-22(20)27/h5-11H,12-17H2,1-4H3. The van der Waals surface area contributed by atoms with Gasteiger partial charge in [-0.1, -0.05) is 29.8 Å². The SMILES string of the molecule is CC(C)(C)OC(=O)CCN1CCOC(C)(c2ccc(OCc3c(F)cccc3Cl)cc2)C1. The number of carbonyl (C=O) groups excluding carboxylic acids is 1. The number of morpholine rings is 1. The summed E-state index contributed by atoms with van der Waals surface area (Å²) in [5, 5.41) is 0.344. The summed E-state index contributed by atoms with van der Waals surface area (Å²) >= 11 is 6.06. The first-order valence-corrected chi connectivity index (χ1v) is 11.2. The van der Waals surface area contributed by atoms with E-state index >= 15 is 0 Å². The van der Waals surface area contributed by atoms with Crippen LogP contribution in [-0.2, 0) is 26.5 Å². The van der Waals surface area contributed by atoms with Gasteiger partial charge in [-0.25, -0.2) is 4.39 Å². The van der Waals surface area contributed by atoms with Crippen LogP contribution in [0.1, 0.15) is 45.2 Å². The molecule has 2 aromatic carbocycles. The Morgan fingerprint density at radius 3 is 2.59 bits per heavy atom. The van der Waals surface area contributed by atoms with Crippen LogP contribution in [0.25, 0.3) is 0 Å². The third kappa shape index (κ3) is 6.67. The van der Waals surface area contributed by atoms with Crippen LogP contribution >= 0.6 is 11.6 Å². The van der Waals surface area contributed by atoms with Gasteiger partial charge in [-0.3, -0.25) is 9.69 Å². The second-order valence-electron chi connectivity index (χ2n) is 9.21. The lowest BCUT2D eigenvalue weighted by Gasteiger charge is -2.41. The quantitative estimate of drug-likeness (QED) is 0.519. The fraction of sp³-hybridized carbons (Fsp3) is 0.480. The van der Waals surface area contributed by atoms with Crippen LogP contribution in [0.2, 0.25) is 5.02 Å². The maximum absolute atomic E-state index is 13.9. The molecule has 0 spiro atoms. The van der Waals surface area contributed by atoms with Gasteiger partial charge in [0.1, 0.15) is 29.4 Å². The first kappa shape index (κ1) is 24.5. The number of carbonyl (C=O) groups is 1. The summed E-state index contributed by atoms with van der Waals surface area (Å²) in [5.41, 5.74) is 0.370. The summed E-state index contributed by atoms with van der Waals surface area (Å²) in [6.07, 6.45) is 0.346. The average Bonchev–Trinajstić information content (AvgIpc) is 2.71. The molecular formula is C25H31ClFNO4. The zero-order valence-corrected chi connectivity index (χ0v) is 19.9. The monoisotopic (exact) mass is 463 g/mol. The van der Waals surface area contributed by atoms with Crippen molar-refractivity contribution in [2.24, 2.45) is 0 Å². The van der Waals surface area contributed by atoms with E-state index in [1.165, 1.54) is 6.07 Å². The van der Waals surface area contributed by atoms with E-state index in [2.05, 4.69) is 4.90 Å². The maximum Gasteiger partial charge on any atom is 0.307 e. The molecule has 174 valence electrons. The van der Waals surface area contributed by atoms with Crippen molar-refractivity contribution in [1.29, 1.82) is 0 Å². The molecule has 1 heterocycles. The highest BCUT2D eigenvalue weighted by atomic mass is 35.5. The molecule has 1 aliphatic heterocycles. The topological polar surface area (TPSA) is 48.0 Å². The number of hydrogen-bond acceptors (Lipinski definition) is 5. The number of ether oxygens (including phenoxy) is 3. The highest BCUT2D eigenvalue weighted by Gasteiger charge is 2.34. The van der Waals surface area contributed by atoms with E-state index in [0.717, 1.165) is 12.1 Å². The van der Waals surface area contributed by atoms with Gasteiger partial charge in [0.15, 0.2) is 0 Å². The van der Waals surface area contributed by atoms with Gasteiger partial charge in [-0.15, -0.1) is 0 Å². The molecule has 0 saturated carbocycles. The molecule has 0 aliphatic carbocycles. The Morgan fingerprint density at radius 1 is 1.22 bits per heavy atom. The summed E-state index contributed by atoms with van der Waals surface area (Å²) in [6.45, 7) is 10.3. The van der Waals surface area contributed by atoms with Gasteiger partial charge in [0.25, 0.3) is 0 Å². The third-order valence-electron chi connectivity index (χ3n) is 5.32. The minimum atomic E-state index is -0.500. The minimum Gasteiger partial charge on any atom is -0.489 e. The minimum absolute atomic E-state index is 0.0526. The van der Waals surface area contributed by atoms with Crippen LogP contribution in [0.15, 0.2) is 42.5 Å². The summed E-state index contributed by atoms with van der Waals surface area (Å²) < 4.78 is 31.2. The van der Waals surface area contributed by atoms with E-state index in [0.29, 0.717) is 42.5 Å². The molecular weight excluding hydrogens is 433 g/mol. The lowest BCUT2D eigenvalue weighted by atomic mass is 9.93. The lowest BCUT2D eigenvalue weighted by molar-refractivity contribution is -0.156. The molecule has 0 aromatic heterocycles. The second kappa shape index (κ2) is 10.2. The van der Waals surface area contributed by atoms with Crippen LogP contribution in [0.4, 0.5) is 4.39 Å². The Morgan fingerprint density at radius 2 is 1.94 bits per heavy atom. The van der Waals surface area contributed by atoms with Gasteiger partial charge in [0.05, 0.1) is 18.1 Å². The van der Waals surface area contributed by atoms with E-state index in [1.54, 1.807) is 12.1 Å². The fourth-order valence-electron chi connectivity index (χ4n) is 3.69. The first-order chi connectivity index (χ1) is 15.1. The lowest BCUT2D eigenvalue weighted by Crippen LogP contribution is -2.48. The Labute approximate surface area is 194 Å². The van der Waals surface area contributed by atoms with E-state index in [-0.39, 0.29) is 18.4 Å². The molecule has 0 bridgehead atoms. The normalized spacial score (nSPS) is 19.6. The highest BCUT2D eigenvalue weighted by molar-refractivity contribution is 6.31. The van der Waals surface area contributed by atoms with Crippen LogP contribution in [-0.4, -0.2) is 42.7 Å². The van der Waals surface area contributed by atoms with Crippen molar-refractivity contribution >= 4 is 17.6 Å². The van der Waals surface area contributed by atoms with E-state index < -0.39 is 11.2 Å². The Balaban J connectivity index is 1.57. The molecule has 1 saturated heterocycles. The molecule has 0 N–H and O–H groups in total. The van der Waals surface area contributed by atoms with E-state index in [9.17, 15) is 9.18 Å². The van der Waals surface area contributed by atoms with Crippen molar-refractivity contribution in [2.75, 3.05) is 26.2 Å². The van der Waals surface area contributed by atoms with E-state index in [4.69, 9.17) is 25.8 Å². The van der Waals surface area contributed by atoms with Gasteiger partial charge in [0, 0.05) is 25.2 Å². The van der Waals surface area contributed by atoms with Crippen LogP contribution in [0, 0.1) is 5.82 Å². The molecule has 32 heavy (non-hydrogen) atoms. The summed E-state index contributed by atoms with van der Waals surface area (Å²) in [4.78, 5) is 14.3. The van der Waals surface area contributed by atoms with Gasteiger partial charge in [0.2, 0.25) is 0 Å². The zero-order chi connectivity index (χ0) is 23.4. The van der Waals surface area contributed by atoms with Crippen LogP contribution in [0.3, 0.4) is 0 Å². The molecule has 2 aromatic rings. The second-order valence-corrected chi connectivity index (χ2v) is 9.61. The third-order valence-corrected chi connectivity index (χ3v) is 5.67. The molecule has 5 nitrogen and oxygen atoms in total. The zero-order valence-electron chi connectivity index (χ0n) is 19.1. The molecule has 1 atom stereocenters. The highest BCUT2D eigenvalue weighted by Crippen LogP contribution is 2.31. The van der Waals surface area contributed by atoms with Gasteiger partial charge in [-0.2, -0.15) is 0 Å². The largest absolute Gasteiger partial charge is 0.489 e. The molecule has 1 fully saturated rings. The molecule has 1 unspecified atom stereocenters. The van der Waals surface area contributed by atoms with Crippen LogP contribution < -0.4 is 4.74 Å². The molecule has 3 rings (SSSR count). The van der Waals surface area contributed by atoms with Gasteiger partial charge in [-0.05, 0) is 57.5 Å². The van der Waals surface area contributed by atoms with Crippen molar-refractivity contribution in [3.63, 3.8) is 0 Å². The van der Waals surface area contributed by atoms with Crippen molar-refractivity contribution in [3.8, 4) is 5.75 Å². The molecule has 7 heteroatoms. The summed E-state index contributed by atoms with van der Waals surface area (Å²) in [5.74, 6) is 0.0418. The smallest absolute Gasteiger partial charge is 0.307 e. The Kier molecular flexibility index (Phi) is 7.80. The maximum atomic E-state index is 13.9. The van der Waals surface area contributed by atoms with Crippen molar-refractivity contribution < 1.29 is 23.4 Å². The number of nitrogens with zero attached hydrogens (tertiary/aromatic N) is 1. The predicted octanol–water partition coefficient (Wildman–Crippen LogP) is 5.34. The fourth-order valence-corrected chi connectivity index (χ4v) is 3.91. The molecule has 0 amide bonds. The Hall–Kier alpha value is -2.15. The number of rotatable bonds is 7. The summed E-state index contributed by atoms with van der Waals surface area (Å²) in [7, 11) is 0. The predicted molar refractivity (Wildman–Crippen MR) is 122 cm³/mol. The number of benzene rings is 2. The number of esters is 1. The van der Waals surface area contributed by atoms with Gasteiger partial charge >= 0.3 is 5.97 Å².